The molecule has 0 spiro atoms. The van der Waals surface area contributed by atoms with Crippen LogP contribution in [0.5, 0.6) is 0 Å². The highest BCUT2D eigenvalue weighted by Gasteiger charge is 2.36. The maximum atomic E-state index is 13.7. The monoisotopic (exact) mass is 301 g/mol. The summed E-state index contributed by atoms with van der Waals surface area (Å²) in [7, 11) is 0. The minimum atomic E-state index is -0.905. The summed E-state index contributed by atoms with van der Waals surface area (Å²) >= 11 is 5.39. The van der Waals surface area contributed by atoms with Crippen LogP contribution in [-0.2, 0) is 14.3 Å². The van der Waals surface area contributed by atoms with E-state index in [2.05, 4.69) is 0 Å². The molecule has 0 aliphatic carbocycles. The number of carbonyl (C=O) groups is 2. The molecule has 1 aliphatic heterocycles. The second-order valence-corrected chi connectivity index (χ2v) is 4.34. The van der Waals surface area contributed by atoms with Crippen molar-refractivity contribution in [3.05, 3.63) is 41.2 Å². The summed E-state index contributed by atoms with van der Waals surface area (Å²) in [6.07, 6.45) is 0. The Morgan fingerprint density at radius 3 is 2.70 bits per heavy atom. The number of hydrogen-bond donors (Lipinski definition) is 0. The molecule has 0 N–H and O–H groups in total. The zero-order valence-electron chi connectivity index (χ0n) is 10.5. The van der Waals surface area contributed by atoms with Gasteiger partial charge in [0.15, 0.2) is 5.76 Å². The van der Waals surface area contributed by atoms with E-state index in [1.54, 1.807) is 6.92 Å². The molecule has 7 heteroatoms. The van der Waals surface area contributed by atoms with Gasteiger partial charge in [0.1, 0.15) is 11.6 Å². The number of ether oxygens (including phenoxy) is 1. The van der Waals surface area contributed by atoms with E-state index >= 15 is 0 Å². The van der Waals surface area contributed by atoms with E-state index in [4.69, 9.17) is 16.3 Å². The molecule has 0 aromatic heterocycles. The predicted octanol–water partition coefficient (Wildman–Crippen LogP) is 2.37. The summed E-state index contributed by atoms with van der Waals surface area (Å²) in [6, 6.07) is 2.80. The van der Waals surface area contributed by atoms with Crippen LogP contribution in [0.15, 0.2) is 29.5 Å². The Balaban J connectivity index is 2.39. The molecule has 0 unspecified atom stereocenters. The van der Waals surface area contributed by atoms with Gasteiger partial charge in [-0.05, 0) is 30.7 Å². The van der Waals surface area contributed by atoms with Crippen LogP contribution in [0.3, 0.4) is 0 Å². The van der Waals surface area contributed by atoms with Gasteiger partial charge in [-0.15, -0.1) is 0 Å². The summed E-state index contributed by atoms with van der Waals surface area (Å²) in [5.74, 6) is -2.54. The van der Waals surface area contributed by atoms with Crippen molar-refractivity contribution in [1.82, 2.24) is 0 Å². The summed E-state index contributed by atoms with van der Waals surface area (Å²) in [5.41, 5.74) is -0.177. The highest BCUT2D eigenvalue weighted by Crippen LogP contribution is 2.29. The normalized spacial score (nSPS) is 15.0. The van der Waals surface area contributed by atoms with Crippen molar-refractivity contribution < 1.29 is 23.1 Å². The van der Waals surface area contributed by atoms with Crippen molar-refractivity contribution in [3.8, 4) is 0 Å². The molecule has 0 saturated carbocycles. The van der Waals surface area contributed by atoms with Gasteiger partial charge in [0, 0.05) is 6.07 Å². The molecule has 4 nitrogen and oxygen atoms in total. The molecule has 1 amide bonds. The molecule has 20 heavy (non-hydrogen) atoms. The Morgan fingerprint density at radius 1 is 1.45 bits per heavy atom. The number of halogens is 3. The average molecular weight is 302 g/mol. The molecule has 106 valence electrons. The summed E-state index contributed by atoms with van der Waals surface area (Å²) in [4.78, 5) is 24.4. The first-order chi connectivity index (χ1) is 9.45. The lowest BCUT2D eigenvalue weighted by atomic mass is 10.2. The van der Waals surface area contributed by atoms with Crippen molar-refractivity contribution in [2.45, 2.75) is 6.92 Å². The quantitative estimate of drug-likeness (QED) is 0.802. The van der Waals surface area contributed by atoms with Gasteiger partial charge in [-0.3, -0.25) is 14.5 Å². The predicted molar refractivity (Wildman–Crippen MR) is 68.2 cm³/mol. The van der Waals surface area contributed by atoms with Gasteiger partial charge >= 0.3 is 0 Å². The molecule has 1 aliphatic rings. The smallest absolute Gasteiger partial charge is 0.294 e. The first-order valence-corrected chi connectivity index (χ1v) is 6.16. The van der Waals surface area contributed by atoms with Gasteiger partial charge in [0.05, 0.1) is 24.4 Å². The minimum Gasteiger partial charge on any atom is -0.488 e. The lowest BCUT2D eigenvalue weighted by Gasteiger charge is -2.17. The average Bonchev–Trinajstić information content (AvgIpc) is 2.68. The Hall–Kier alpha value is -1.95. The van der Waals surface area contributed by atoms with Crippen LogP contribution in [0.25, 0.3) is 0 Å². The van der Waals surface area contributed by atoms with Crippen LogP contribution in [0, 0.1) is 11.6 Å². The Bertz CT molecular complexity index is 616. The maximum absolute atomic E-state index is 13.7. The molecule has 2 rings (SSSR count). The topological polar surface area (TPSA) is 46.6 Å². The van der Waals surface area contributed by atoms with E-state index in [0.717, 1.165) is 17.0 Å². The molecule has 0 fully saturated rings. The third-order valence-corrected chi connectivity index (χ3v) is 2.98. The van der Waals surface area contributed by atoms with Gasteiger partial charge < -0.3 is 4.74 Å². The van der Waals surface area contributed by atoms with Gasteiger partial charge in [-0.2, -0.15) is 0 Å². The largest absolute Gasteiger partial charge is 0.488 e. The molecule has 0 radical (unpaired) electrons. The van der Waals surface area contributed by atoms with Crippen LogP contribution < -0.4 is 4.90 Å². The first-order valence-electron chi connectivity index (χ1n) is 5.78. The van der Waals surface area contributed by atoms with Crippen molar-refractivity contribution in [1.29, 1.82) is 0 Å². The van der Waals surface area contributed by atoms with E-state index in [0.29, 0.717) is 6.07 Å². The number of nitrogens with zero attached hydrogens (tertiary/aromatic N) is 1. The number of hydrogen-bond acceptors (Lipinski definition) is 3. The minimum absolute atomic E-state index is 0.0396. The standard InChI is InChI=1S/C13H10ClF2NO3/c1-2-20-11-8(12(14)18)6-17(13(11)19)10-4-3-7(15)5-9(10)16/h3-5H,2,6H2,1H3. The lowest BCUT2D eigenvalue weighted by Crippen LogP contribution is -2.28. The van der Waals surface area contributed by atoms with Crippen LogP contribution >= 0.6 is 11.6 Å². The van der Waals surface area contributed by atoms with E-state index < -0.39 is 22.8 Å². The molecule has 0 saturated heterocycles. The van der Waals surface area contributed by atoms with Gasteiger partial charge in [0.25, 0.3) is 11.1 Å². The van der Waals surface area contributed by atoms with Crippen molar-refractivity contribution in [2.75, 3.05) is 18.1 Å². The first kappa shape index (κ1) is 14.5. The number of carbonyl (C=O) groups excluding carboxylic acids is 2. The summed E-state index contributed by atoms with van der Waals surface area (Å²) < 4.78 is 31.7. The SMILES string of the molecule is CCOC1=C(C(=O)Cl)CN(c2ccc(F)cc2F)C1=O. The third-order valence-electron chi connectivity index (χ3n) is 2.76. The highest BCUT2D eigenvalue weighted by molar-refractivity contribution is 6.68. The zero-order valence-corrected chi connectivity index (χ0v) is 11.2. The summed E-state index contributed by atoms with van der Waals surface area (Å²) in [6.45, 7) is 1.59. The van der Waals surface area contributed by atoms with Crippen LogP contribution in [-0.4, -0.2) is 24.3 Å². The molecule has 1 aromatic rings. The fraction of sp³-hybridized carbons (Fsp3) is 0.231. The van der Waals surface area contributed by atoms with Crippen molar-refractivity contribution >= 4 is 28.4 Å². The molecular formula is C13H10ClF2NO3. The molecule has 0 atom stereocenters. The highest BCUT2D eigenvalue weighted by atomic mass is 35.5. The number of rotatable bonds is 4. The van der Waals surface area contributed by atoms with Crippen molar-refractivity contribution in [2.24, 2.45) is 0 Å². The Morgan fingerprint density at radius 2 is 2.15 bits per heavy atom. The van der Waals surface area contributed by atoms with Crippen LogP contribution in [0.2, 0.25) is 0 Å². The second-order valence-electron chi connectivity index (χ2n) is 4.00. The van der Waals surface area contributed by atoms with Gasteiger partial charge in [-0.1, -0.05) is 0 Å². The number of anilines is 1. The maximum Gasteiger partial charge on any atom is 0.294 e. The van der Waals surface area contributed by atoms with Gasteiger partial charge in [0.2, 0.25) is 0 Å². The number of amides is 1. The van der Waals surface area contributed by atoms with Crippen LogP contribution in [0.1, 0.15) is 6.92 Å². The number of benzene rings is 1. The molecular weight excluding hydrogens is 292 g/mol. The fourth-order valence-electron chi connectivity index (χ4n) is 1.89. The van der Waals surface area contributed by atoms with E-state index in [-0.39, 0.29) is 30.2 Å². The fourth-order valence-corrected chi connectivity index (χ4v) is 2.04. The molecule has 1 aromatic carbocycles. The molecule has 0 bridgehead atoms. The van der Waals surface area contributed by atoms with E-state index in [9.17, 15) is 18.4 Å². The summed E-state index contributed by atoms with van der Waals surface area (Å²) in [5, 5.41) is -0.841. The Labute approximate surface area is 118 Å². The Kier molecular flexibility index (Phi) is 4.04. The lowest BCUT2D eigenvalue weighted by molar-refractivity contribution is -0.118. The van der Waals surface area contributed by atoms with Crippen LogP contribution in [0.4, 0.5) is 14.5 Å². The second kappa shape index (κ2) is 5.58. The van der Waals surface area contributed by atoms with E-state index in [1.807, 2.05) is 0 Å². The third kappa shape index (κ3) is 2.51. The molecule has 1 heterocycles. The van der Waals surface area contributed by atoms with E-state index in [1.165, 1.54) is 0 Å². The van der Waals surface area contributed by atoms with Crippen molar-refractivity contribution in [3.63, 3.8) is 0 Å². The van der Waals surface area contributed by atoms with Gasteiger partial charge in [-0.25, -0.2) is 8.78 Å². The zero-order chi connectivity index (χ0) is 14.9.